The van der Waals surface area contributed by atoms with Crippen LogP contribution in [0.25, 0.3) is 0 Å². The Hall–Kier alpha value is -3.41. The number of anilines is 2. The summed E-state index contributed by atoms with van der Waals surface area (Å²) in [4.78, 5) is 20.8. The molecule has 3 aromatic rings. The Balaban J connectivity index is 1.66. The van der Waals surface area contributed by atoms with Gasteiger partial charge in [-0.15, -0.1) is 0 Å². The van der Waals surface area contributed by atoms with Crippen molar-refractivity contribution in [2.24, 2.45) is 0 Å². The zero-order valence-electron chi connectivity index (χ0n) is 14.6. The Labute approximate surface area is 152 Å². The van der Waals surface area contributed by atoms with E-state index < -0.39 is 0 Å². The minimum absolute atomic E-state index is 0.0597. The number of benzene rings is 2. The van der Waals surface area contributed by atoms with E-state index in [4.69, 9.17) is 4.74 Å². The van der Waals surface area contributed by atoms with Crippen molar-refractivity contribution in [3.05, 3.63) is 78.1 Å². The van der Waals surface area contributed by atoms with Gasteiger partial charge in [-0.05, 0) is 24.6 Å². The minimum atomic E-state index is -0.294. The minimum Gasteiger partial charge on any atom is -0.495 e. The summed E-state index contributed by atoms with van der Waals surface area (Å²) < 4.78 is 5.23. The van der Waals surface area contributed by atoms with Gasteiger partial charge in [-0.25, -0.2) is 9.97 Å². The standard InChI is InChI=1S/C20H20N4O2/c1-14(15-8-4-3-5-9-15)23-20-21-12-16(13-22-20)19(25)24-17-10-6-7-11-18(17)26-2/h3-14H,1-2H3,(H,24,25)(H,21,22,23). The monoisotopic (exact) mass is 348 g/mol. The number of carbonyl (C=O) groups excluding carboxylic acids is 1. The zero-order chi connectivity index (χ0) is 18.4. The predicted molar refractivity (Wildman–Crippen MR) is 101 cm³/mol. The third-order valence-corrected chi connectivity index (χ3v) is 3.91. The van der Waals surface area contributed by atoms with Crippen molar-refractivity contribution in [2.75, 3.05) is 17.7 Å². The third kappa shape index (κ3) is 4.16. The van der Waals surface area contributed by atoms with E-state index in [1.54, 1.807) is 19.2 Å². The number of nitrogens with one attached hydrogen (secondary N) is 2. The van der Waals surface area contributed by atoms with Crippen LogP contribution in [0, 0.1) is 0 Å². The Morgan fingerprint density at radius 1 is 1.00 bits per heavy atom. The van der Waals surface area contributed by atoms with E-state index in [9.17, 15) is 4.79 Å². The zero-order valence-corrected chi connectivity index (χ0v) is 14.6. The Bertz CT molecular complexity index is 866. The van der Waals surface area contributed by atoms with Crippen molar-refractivity contribution in [3.63, 3.8) is 0 Å². The van der Waals surface area contributed by atoms with Crippen LogP contribution in [-0.2, 0) is 0 Å². The van der Waals surface area contributed by atoms with Crippen LogP contribution in [0.15, 0.2) is 67.0 Å². The van der Waals surface area contributed by atoms with Crippen LogP contribution >= 0.6 is 0 Å². The number of hydrogen-bond donors (Lipinski definition) is 2. The van der Waals surface area contributed by atoms with Crippen LogP contribution in [0.1, 0.15) is 28.9 Å². The molecule has 3 rings (SSSR count). The van der Waals surface area contributed by atoms with Gasteiger partial charge in [0.1, 0.15) is 5.75 Å². The fraction of sp³-hybridized carbons (Fsp3) is 0.150. The molecule has 0 fully saturated rings. The fourth-order valence-corrected chi connectivity index (χ4v) is 2.48. The lowest BCUT2D eigenvalue weighted by atomic mass is 10.1. The summed E-state index contributed by atoms with van der Waals surface area (Å²) in [5, 5.41) is 6.02. The molecule has 2 N–H and O–H groups in total. The van der Waals surface area contributed by atoms with Crippen molar-refractivity contribution < 1.29 is 9.53 Å². The van der Waals surface area contributed by atoms with Gasteiger partial charge in [0.05, 0.1) is 24.4 Å². The number of para-hydroxylation sites is 2. The molecular weight excluding hydrogens is 328 g/mol. The van der Waals surface area contributed by atoms with Gasteiger partial charge in [-0.2, -0.15) is 0 Å². The number of ether oxygens (including phenoxy) is 1. The molecular formula is C20H20N4O2. The number of aromatic nitrogens is 2. The first-order chi connectivity index (χ1) is 12.7. The van der Waals surface area contributed by atoms with Crippen LogP contribution < -0.4 is 15.4 Å². The molecule has 1 unspecified atom stereocenters. The first-order valence-electron chi connectivity index (χ1n) is 8.25. The SMILES string of the molecule is COc1ccccc1NC(=O)c1cnc(NC(C)c2ccccc2)nc1. The number of methoxy groups -OCH3 is 1. The maximum absolute atomic E-state index is 12.4. The van der Waals surface area contributed by atoms with Crippen LogP contribution in [0.3, 0.4) is 0 Å². The molecule has 132 valence electrons. The second-order valence-corrected chi connectivity index (χ2v) is 5.73. The van der Waals surface area contributed by atoms with Crippen LogP contribution in [-0.4, -0.2) is 23.0 Å². The van der Waals surface area contributed by atoms with Gasteiger partial charge in [0.15, 0.2) is 0 Å². The highest BCUT2D eigenvalue weighted by molar-refractivity contribution is 6.04. The summed E-state index contributed by atoms with van der Waals surface area (Å²) in [5.74, 6) is 0.768. The van der Waals surface area contributed by atoms with E-state index >= 15 is 0 Å². The molecule has 0 aliphatic carbocycles. The largest absolute Gasteiger partial charge is 0.495 e. The molecule has 1 amide bonds. The van der Waals surface area contributed by atoms with Crippen molar-refractivity contribution in [2.45, 2.75) is 13.0 Å². The number of nitrogens with zero attached hydrogens (tertiary/aromatic N) is 2. The van der Waals surface area contributed by atoms with Crippen molar-refractivity contribution in [1.29, 1.82) is 0 Å². The van der Waals surface area contributed by atoms with Gasteiger partial charge in [0, 0.05) is 12.4 Å². The average Bonchev–Trinajstić information content (AvgIpc) is 2.69. The molecule has 0 spiro atoms. The summed E-state index contributed by atoms with van der Waals surface area (Å²) in [5.41, 5.74) is 2.10. The topological polar surface area (TPSA) is 76.1 Å². The van der Waals surface area contributed by atoms with E-state index in [1.807, 2.05) is 49.4 Å². The van der Waals surface area contributed by atoms with Crippen LogP contribution in [0.2, 0.25) is 0 Å². The molecule has 6 heteroatoms. The number of carbonyl (C=O) groups is 1. The lowest BCUT2D eigenvalue weighted by molar-refractivity contribution is 0.102. The molecule has 1 aromatic heterocycles. The van der Waals surface area contributed by atoms with Gasteiger partial charge >= 0.3 is 0 Å². The lowest BCUT2D eigenvalue weighted by Gasteiger charge is -2.14. The Morgan fingerprint density at radius 3 is 2.35 bits per heavy atom. The van der Waals surface area contributed by atoms with E-state index in [0.29, 0.717) is 22.9 Å². The molecule has 0 aliphatic heterocycles. The molecule has 1 heterocycles. The van der Waals surface area contributed by atoms with Crippen molar-refractivity contribution >= 4 is 17.5 Å². The van der Waals surface area contributed by atoms with E-state index in [-0.39, 0.29) is 11.9 Å². The third-order valence-electron chi connectivity index (χ3n) is 3.91. The van der Waals surface area contributed by atoms with Gasteiger partial charge in [0.25, 0.3) is 5.91 Å². The van der Waals surface area contributed by atoms with Gasteiger partial charge in [0.2, 0.25) is 5.95 Å². The highest BCUT2D eigenvalue weighted by atomic mass is 16.5. The maximum atomic E-state index is 12.4. The summed E-state index contributed by atoms with van der Waals surface area (Å²) in [6, 6.07) is 17.3. The summed E-state index contributed by atoms with van der Waals surface area (Å²) in [6.45, 7) is 2.03. The van der Waals surface area contributed by atoms with Crippen LogP contribution in [0.5, 0.6) is 5.75 Å². The second kappa shape index (κ2) is 8.11. The Morgan fingerprint density at radius 2 is 1.65 bits per heavy atom. The van der Waals surface area contributed by atoms with Crippen molar-refractivity contribution in [3.8, 4) is 5.75 Å². The number of hydrogen-bond acceptors (Lipinski definition) is 5. The number of amides is 1. The summed E-state index contributed by atoms with van der Waals surface area (Å²) in [7, 11) is 1.56. The molecule has 6 nitrogen and oxygen atoms in total. The molecule has 0 saturated carbocycles. The van der Waals surface area contributed by atoms with Crippen LogP contribution in [0.4, 0.5) is 11.6 Å². The van der Waals surface area contributed by atoms with E-state index in [1.165, 1.54) is 12.4 Å². The molecule has 0 aliphatic rings. The van der Waals surface area contributed by atoms with Crippen molar-refractivity contribution in [1.82, 2.24) is 9.97 Å². The first-order valence-corrected chi connectivity index (χ1v) is 8.25. The summed E-state index contributed by atoms with van der Waals surface area (Å²) in [6.07, 6.45) is 3.00. The lowest BCUT2D eigenvalue weighted by Crippen LogP contribution is -2.14. The highest BCUT2D eigenvalue weighted by Crippen LogP contribution is 2.23. The van der Waals surface area contributed by atoms with E-state index in [2.05, 4.69) is 20.6 Å². The molecule has 0 saturated heterocycles. The smallest absolute Gasteiger partial charge is 0.258 e. The normalized spacial score (nSPS) is 11.5. The average molecular weight is 348 g/mol. The highest BCUT2D eigenvalue weighted by Gasteiger charge is 2.11. The molecule has 26 heavy (non-hydrogen) atoms. The van der Waals surface area contributed by atoms with Gasteiger partial charge in [-0.1, -0.05) is 42.5 Å². The molecule has 0 bridgehead atoms. The molecule has 2 aromatic carbocycles. The number of rotatable bonds is 6. The molecule has 1 atom stereocenters. The fourth-order valence-electron chi connectivity index (χ4n) is 2.48. The summed E-state index contributed by atoms with van der Waals surface area (Å²) >= 11 is 0. The quantitative estimate of drug-likeness (QED) is 0.706. The van der Waals surface area contributed by atoms with Gasteiger partial charge in [-0.3, -0.25) is 4.79 Å². The molecule has 0 radical (unpaired) electrons. The maximum Gasteiger partial charge on any atom is 0.258 e. The van der Waals surface area contributed by atoms with Gasteiger partial charge < -0.3 is 15.4 Å². The first kappa shape index (κ1) is 17.4. The Kier molecular flexibility index (Phi) is 5.43. The van der Waals surface area contributed by atoms with E-state index in [0.717, 1.165) is 5.56 Å². The second-order valence-electron chi connectivity index (χ2n) is 5.73. The predicted octanol–water partition coefficient (Wildman–Crippen LogP) is 3.91.